The Bertz CT molecular complexity index is 1000. The third-order valence-electron chi connectivity index (χ3n) is 4.10. The van der Waals surface area contributed by atoms with Crippen LogP contribution in [0.3, 0.4) is 0 Å². The largest absolute Gasteiger partial charge is 0.334 e. The van der Waals surface area contributed by atoms with Gasteiger partial charge < -0.3 is 10.6 Å². The highest BCUT2D eigenvalue weighted by molar-refractivity contribution is 6.31. The van der Waals surface area contributed by atoms with Gasteiger partial charge in [0.05, 0.1) is 16.9 Å². The maximum atomic E-state index is 12.5. The highest BCUT2D eigenvalue weighted by atomic mass is 35.5. The number of aromatic nitrogens is 2. The van der Waals surface area contributed by atoms with Crippen LogP contribution in [0.25, 0.3) is 10.9 Å². The molecule has 1 aromatic heterocycles. The van der Waals surface area contributed by atoms with Gasteiger partial charge in [0.25, 0.3) is 5.56 Å². The lowest BCUT2D eigenvalue weighted by Gasteiger charge is -2.17. The molecule has 2 amide bonds. The maximum absolute atomic E-state index is 12.5. The molecule has 7 heteroatoms. The Morgan fingerprint density at radius 3 is 2.69 bits per heavy atom. The number of nitrogens with one attached hydrogen (secondary N) is 2. The summed E-state index contributed by atoms with van der Waals surface area (Å²) in [5.41, 5.74) is 1.33. The second-order valence-corrected chi connectivity index (χ2v) is 6.47. The van der Waals surface area contributed by atoms with Crippen molar-refractivity contribution in [3.8, 4) is 0 Å². The smallest absolute Gasteiger partial charge is 0.315 e. The normalized spacial score (nSPS) is 12.0. The van der Waals surface area contributed by atoms with E-state index in [1.807, 2.05) is 30.3 Å². The lowest BCUT2D eigenvalue weighted by Crippen LogP contribution is -2.38. The molecule has 134 valence electrons. The third kappa shape index (κ3) is 3.86. The number of carbonyl (C=O) groups excluding carboxylic acids is 1. The van der Waals surface area contributed by atoms with E-state index in [0.717, 1.165) is 5.56 Å². The van der Waals surface area contributed by atoms with Crippen LogP contribution in [-0.4, -0.2) is 15.6 Å². The van der Waals surface area contributed by atoms with E-state index in [-0.39, 0.29) is 11.6 Å². The van der Waals surface area contributed by atoms with Crippen LogP contribution in [0.2, 0.25) is 5.02 Å². The van der Waals surface area contributed by atoms with Gasteiger partial charge in [-0.3, -0.25) is 9.36 Å². The molecule has 0 unspecified atom stereocenters. The van der Waals surface area contributed by atoms with E-state index < -0.39 is 6.04 Å². The van der Waals surface area contributed by atoms with Crippen molar-refractivity contribution in [2.45, 2.75) is 19.5 Å². The van der Waals surface area contributed by atoms with Crippen molar-refractivity contribution in [1.82, 2.24) is 20.2 Å². The van der Waals surface area contributed by atoms with Crippen LogP contribution in [0, 0.1) is 0 Å². The molecular formula is C19H19ClN4O2. The van der Waals surface area contributed by atoms with Crippen LogP contribution >= 0.6 is 11.6 Å². The number of fused-ring (bicyclic) bond motifs is 1. The number of rotatable bonds is 4. The summed E-state index contributed by atoms with van der Waals surface area (Å²) in [5, 5.41) is 6.59. The molecule has 0 saturated heterocycles. The lowest BCUT2D eigenvalue weighted by atomic mass is 10.2. The first-order valence-electron chi connectivity index (χ1n) is 8.20. The maximum Gasteiger partial charge on any atom is 0.315 e. The molecule has 26 heavy (non-hydrogen) atoms. The summed E-state index contributed by atoms with van der Waals surface area (Å²) < 4.78 is 1.44. The van der Waals surface area contributed by atoms with Gasteiger partial charge in [-0.05, 0) is 30.7 Å². The summed E-state index contributed by atoms with van der Waals surface area (Å²) in [5.74, 6) is 0.458. The van der Waals surface area contributed by atoms with Crippen LogP contribution in [0.1, 0.15) is 24.4 Å². The summed E-state index contributed by atoms with van der Waals surface area (Å²) in [6, 6.07) is 13.8. The molecule has 0 radical (unpaired) electrons. The first-order chi connectivity index (χ1) is 12.5. The summed E-state index contributed by atoms with van der Waals surface area (Å²) in [4.78, 5) is 29.2. The molecule has 0 spiro atoms. The van der Waals surface area contributed by atoms with Gasteiger partial charge in [-0.1, -0.05) is 41.9 Å². The number of hydrogen-bond acceptors (Lipinski definition) is 3. The van der Waals surface area contributed by atoms with Gasteiger partial charge >= 0.3 is 6.03 Å². The predicted octanol–water partition coefficient (Wildman–Crippen LogP) is 3.15. The zero-order valence-electron chi connectivity index (χ0n) is 14.5. The molecule has 0 aliphatic carbocycles. The topological polar surface area (TPSA) is 76.0 Å². The molecule has 0 fully saturated rings. The van der Waals surface area contributed by atoms with Crippen LogP contribution in [0.4, 0.5) is 4.79 Å². The Hall–Kier alpha value is -2.86. The van der Waals surface area contributed by atoms with Crippen molar-refractivity contribution in [3.05, 3.63) is 75.3 Å². The predicted molar refractivity (Wildman–Crippen MR) is 102 cm³/mol. The fraction of sp³-hybridized carbons (Fsp3) is 0.211. The van der Waals surface area contributed by atoms with Gasteiger partial charge in [0, 0.05) is 18.6 Å². The van der Waals surface area contributed by atoms with Gasteiger partial charge in [0.1, 0.15) is 5.82 Å². The van der Waals surface area contributed by atoms with E-state index in [1.165, 1.54) is 4.57 Å². The van der Waals surface area contributed by atoms with Crippen LogP contribution in [0.5, 0.6) is 0 Å². The van der Waals surface area contributed by atoms with Crippen molar-refractivity contribution in [3.63, 3.8) is 0 Å². The quantitative estimate of drug-likeness (QED) is 0.740. The second-order valence-electron chi connectivity index (χ2n) is 6.03. The number of amides is 2. The number of benzene rings is 2. The summed E-state index contributed by atoms with van der Waals surface area (Å²) in [7, 11) is 1.64. The summed E-state index contributed by atoms with van der Waals surface area (Å²) in [6.07, 6.45) is 0. The minimum atomic E-state index is -0.452. The molecule has 0 aliphatic rings. The van der Waals surface area contributed by atoms with E-state index in [2.05, 4.69) is 15.6 Å². The summed E-state index contributed by atoms with van der Waals surface area (Å²) >= 11 is 6.00. The van der Waals surface area contributed by atoms with Crippen molar-refractivity contribution in [1.29, 1.82) is 0 Å². The number of halogens is 1. The Morgan fingerprint density at radius 1 is 1.23 bits per heavy atom. The molecule has 0 aliphatic heterocycles. The van der Waals surface area contributed by atoms with E-state index in [0.29, 0.717) is 28.3 Å². The standard InChI is InChI=1S/C19H19ClN4O2/c1-12(22-19(26)21-11-13-6-4-3-5-7-13)17-23-16-10-14(20)8-9-15(16)18(25)24(17)2/h3-10,12H,11H2,1-2H3,(H2,21,22,26)/t12-/m0/s1. The van der Waals surface area contributed by atoms with Crippen molar-refractivity contribution in [2.75, 3.05) is 0 Å². The average molecular weight is 371 g/mol. The second kappa shape index (κ2) is 7.58. The zero-order valence-corrected chi connectivity index (χ0v) is 15.2. The van der Waals surface area contributed by atoms with Crippen LogP contribution in [-0.2, 0) is 13.6 Å². The third-order valence-corrected chi connectivity index (χ3v) is 4.34. The van der Waals surface area contributed by atoms with Gasteiger partial charge in [-0.25, -0.2) is 9.78 Å². The van der Waals surface area contributed by atoms with Crippen molar-refractivity contribution in [2.24, 2.45) is 7.05 Å². The Labute approximate surface area is 155 Å². The van der Waals surface area contributed by atoms with E-state index in [4.69, 9.17) is 11.6 Å². The van der Waals surface area contributed by atoms with Gasteiger partial charge in [0.15, 0.2) is 0 Å². The first-order valence-corrected chi connectivity index (χ1v) is 8.58. The molecular weight excluding hydrogens is 352 g/mol. The molecule has 2 N–H and O–H groups in total. The zero-order chi connectivity index (χ0) is 18.7. The van der Waals surface area contributed by atoms with Crippen LogP contribution in [0.15, 0.2) is 53.3 Å². The van der Waals surface area contributed by atoms with Crippen molar-refractivity contribution >= 4 is 28.5 Å². The molecule has 2 aromatic carbocycles. The van der Waals surface area contributed by atoms with E-state index >= 15 is 0 Å². The molecule has 3 rings (SSSR count). The molecule has 1 heterocycles. The molecule has 0 saturated carbocycles. The van der Waals surface area contributed by atoms with E-state index in [1.54, 1.807) is 32.2 Å². The average Bonchev–Trinajstić information content (AvgIpc) is 2.63. The highest BCUT2D eigenvalue weighted by Crippen LogP contribution is 2.17. The van der Waals surface area contributed by atoms with E-state index in [9.17, 15) is 9.59 Å². The Kier molecular flexibility index (Phi) is 5.23. The minimum Gasteiger partial charge on any atom is -0.334 e. The monoisotopic (exact) mass is 370 g/mol. The van der Waals surface area contributed by atoms with Gasteiger partial charge in [0.2, 0.25) is 0 Å². The molecule has 6 nitrogen and oxygen atoms in total. The first kappa shape index (κ1) is 17.9. The molecule has 1 atom stereocenters. The lowest BCUT2D eigenvalue weighted by molar-refractivity contribution is 0.237. The highest BCUT2D eigenvalue weighted by Gasteiger charge is 2.16. The fourth-order valence-electron chi connectivity index (χ4n) is 2.74. The number of carbonyl (C=O) groups is 1. The van der Waals surface area contributed by atoms with Crippen LogP contribution < -0.4 is 16.2 Å². The Balaban J connectivity index is 1.76. The van der Waals surface area contributed by atoms with Gasteiger partial charge in [-0.2, -0.15) is 0 Å². The summed E-state index contributed by atoms with van der Waals surface area (Å²) in [6.45, 7) is 2.19. The number of urea groups is 1. The number of hydrogen-bond donors (Lipinski definition) is 2. The minimum absolute atomic E-state index is 0.181. The molecule has 0 bridgehead atoms. The molecule has 3 aromatic rings. The van der Waals surface area contributed by atoms with Gasteiger partial charge in [-0.15, -0.1) is 0 Å². The fourth-order valence-corrected chi connectivity index (χ4v) is 2.91. The SMILES string of the molecule is C[C@H](NC(=O)NCc1ccccc1)c1nc2cc(Cl)ccc2c(=O)n1C. The Morgan fingerprint density at radius 2 is 1.96 bits per heavy atom. The number of nitrogens with zero attached hydrogens (tertiary/aromatic N) is 2. The van der Waals surface area contributed by atoms with Crippen molar-refractivity contribution < 1.29 is 4.79 Å².